The van der Waals surface area contributed by atoms with Gasteiger partial charge in [0.25, 0.3) is 0 Å². The van der Waals surface area contributed by atoms with Crippen LogP contribution in [-0.2, 0) is 0 Å². The van der Waals surface area contributed by atoms with Gasteiger partial charge in [-0.25, -0.2) is 4.39 Å². The third kappa shape index (κ3) is 6.48. The lowest BCUT2D eigenvalue weighted by Crippen LogP contribution is -1.78. The topological polar surface area (TPSA) is 0 Å². The van der Waals surface area contributed by atoms with Gasteiger partial charge in [0.15, 0.2) is 0 Å². The van der Waals surface area contributed by atoms with E-state index in [9.17, 15) is 4.39 Å². The van der Waals surface area contributed by atoms with Gasteiger partial charge in [0, 0.05) is 0 Å². The Labute approximate surface area is 86.9 Å². The molecule has 0 aliphatic heterocycles. The standard InChI is InChI=1S/C13H19F/c1-4-6-8-9-11-13(14)12(3)10-7-5-2/h10-11H,4,6,8-9H2,1-3H3/b12-10-,13-11+. The summed E-state index contributed by atoms with van der Waals surface area (Å²) >= 11 is 0. The van der Waals surface area contributed by atoms with E-state index in [1.54, 1.807) is 26.0 Å². The molecule has 0 aliphatic rings. The quantitative estimate of drug-likeness (QED) is 0.346. The molecule has 1 heteroatoms. The highest BCUT2D eigenvalue weighted by Gasteiger charge is 1.95. The minimum Gasteiger partial charge on any atom is -0.207 e. The van der Waals surface area contributed by atoms with Gasteiger partial charge in [-0.05, 0) is 44.4 Å². The monoisotopic (exact) mass is 194 g/mol. The molecule has 0 saturated carbocycles. The highest BCUT2D eigenvalue weighted by Crippen LogP contribution is 2.12. The zero-order valence-electron chi connectivity index (χ0n) is 9.36. The fourth-order valence-electron chi connectivity index (χ4n) is 1.03. The van der Waals surface area contributed by atoms with Crippen molar-refractivity contribution in [1.29, 1.82) is 0 Å². The summed E-state index contributed by atoms with van der Waals surface area (Å²) in [5.74, 6) is 5.31. The Kier molecular flexibility index (Phi) is 7.93. The normalized spacial score (nSPS) is 12.3. The van der Waals surface area contributed by atoms with Gasteiger partial charge >= 0.3 is 0 Å². The van der Waals surface area contributed by atoms with Crippen molar-refractivity contribution in [2.75, 3.05) is 0 Å². The van der Waals surface area contributed by atoms with E-state index in [0.29, 0.717) is 5.57 Å². The van der Waals surface area contributed by atoms with Crippen LogP contribution in [0, 0.1) is 11.8 Å². The molecule has 0 fully saturated rings. The van der Waals surface area contributed by atoms with E-state index >= 15 is 0 Å². The summed E-state index contributed by atoms with van der Waals surface area (Å²) in [6.07, 6.45) is 7.50. The van der Waals surface area contributed by atoms with Crippen LogP contribution in [0.2, 0.25) is 0 Å². The number of halogens is 1. The van der Waals surface area contributed by atoms with Crippen molar-refractivity contribution in [3.63, 3.8) is 0 Å². The second-order valence-electron chi connectivity index (χ2n) is 3.27. The van der Waals surface area contributed by atoms with Crippen LogP contribution >= 0.6 is 0 Å². The lowest BCUT2D eigenvalue weighted by molar-refractivity contribution is 0.636. The average molecular weight is 194 g/mol. The summed E-state index contributed by atoms with van der Waals surface area (Å²) in [4.78, 5) is 0. The van der Waals surface area contributed by atoms with E-state index in [0.717, 1.165) is 12.8 Å². The molecule has 0 N–H and O–H groups in total. The number of rotatable bonds is 5. The molecule has 0 heterocycles. The molecule has 0 radical (unpaired) electrons. The van der Waals surface area contributed by atoms with Gasteiger partial charge in [0.2, 0.25) is 0 Å². The van der Waals surface area contributed by atoms with Crippen LogP contribution in [0.4, 0.5) is 4.39 Å². The minimum atomic E-state index is -0.135. The molecule has 0 amide bonds. The Hall–Kier alpha value is -1.03. The number of hydrogen-bond donors (Lipinski definition) is 0. The third-order valence-corrected chi connectivity index (χ3v) is 1.94. The molecular weight excluding hydrogens is 175 g/mol. The molecule has 0 rings (SSSR count). The van der Waals surface area contributed by atoms with Gasteiger partial charge in [-0.1, -0.05) is 25.7 Å². The predicted molar refractivity (Wildman–Crippen MR) is 60.5 cm³/mol. The highest BCUT2D eigenvalue weighted by atomic mass is 19.1. The molecule has 0 aromatic rings. The Morgan fingerprint density at radius 2 is 2.07 bits per heavy atom. The van der Waals surface area contributed by atoms with Crippen molar-refractivity contribution in [3.8, 4) is 11.8 Å². The van der Waals surface area contributed by atoms with Crippen LogP contribution in [0.15, 0.2) is 23.6 Å². The highest BCUT2D eigenvalue weighted by molar-refractivity contribution is 5.30. The first-order chi connectivity index (χ1) is 6.72. The molecule has 0 aromatic carbocycles. The lowest BCUT2D eigenvalue weighted by atomic mass is 10.1. The maximum absolute atomic E-state index is 13.3. The SMILES string of the molecule is CC#C/C=C(C)\C(F)=C/CCCCC. The van der Waals surface area contributed by atoms with Gasteiger partial charge in [0.05, 0.1) is 0 Å². The van der Waals surface area contributed by atoms with Crippen LogP contribution in [0.25, 0.3) is 0 Å². The molecule has 0 aromatic heterocycles. The van der Waals surface area contributed by atoms with Crippen LogP contribution in [0.3, 0.4) is 0 Å². The fraction of sp³-hybridized carbons (Fsp3) is 0.538. The van der Waals surface area contributed by atoms with Crippen molar-refractivity contribution in [3.05, 3.63) is 23.6 Å². The van der Waals surface area contributed by atoms with Crippen molar-refractivity contribution in [2.45, 2.75) is 46.5 Å². The van der Waals surface area contributed by atoms with Gasteiger partial charge in [-0.15, -0.1) is 5.92 Å². The molecule has 0 spiro atoms. The molecule has 0 unspecified atom stereocenters. The van der Waals surface area contributed by atoms with Gasteiger partial charge in [0.1, 0.15) is 5.83 Å². The summed E-state index contributed by atoms with van der Waals surface area (Å²) in [7, 11) is 0. The maximum atomic E-state index is 13.3. The minimum absolute atomic E-state index is 0.135. The smallest absolute Gasteiger partial charge is 0.122 e. The lowest BCUT2D eigenvalue weighted by Gasteiger charge is -1.96. The van der Waals surface area contributed by atoms with Gasteiger partial charge in [-0.2, -0.15) is 0 Å². The third-order valence-electron chi connectivity index (χ3n) is 1.94. The summed E-state index contributed by atoms with van der Waals surface area (Å²) in [6, 6.07) is 0. The Morgan fingerprint density at radius 1 is 1.36 bits per heavy atom. The molecule has 0 nitrogen and oxygen atoms in total. The number of allylic oxidation sites excluding steroid dienone is 4. The summed E-state index contributed by atoms with van der Waals surface area (Å²) < 4.78 is 13.3. The summed E-state index contributed by atoms with van der Waals surface area (Å²) in [5, 5.41) is 0. The molecule has 0 bridgehead atoms. The Balaban J connectivity index is 4.01. The van der Waals surface area contributed by atoms with E-state index in [4.69, 9.17) is 0 Å². The maximum Gasteiger partial charge on any atom is 0.122 e. The molecular formula is C13H19F. The first kappa shape index (κ1) is 13.0. The first-order valence-electron chi connectivity index (χ1n) is 5.17. The predicted octanol–water partition coefficient (Wildman–Crippen LogP) is 4.39. The van der Waals surface area contributed by atoms with E-state index in [1.165, 1.54) is 12.8 Å². The molecule has 78 valence electrons. The van der Waals surface area contributed by atoms with Crippen LogP contribution in [-0.4, -0.2) is 0 Å². The zero-order valence-corrected chi connectivity index (χ0v) is 9.36. The average Bonchev–Trinajstić information content (AvgIpc) is 2.20. The largest absolute Gasteiger partial charge is 0.207 e. The Morgan fingerprint density at radius 3 is 2.64 bits per heavy atom. The first-order valence-corrected chi connectivity index (χ1v) is 5.17. The van der Waals surface area contributed by atoms with Crippen molar-refractivity contribution in [1.82, 2.24) is 0 Å². The number of unbranched alkanes of at least 4 members (excludes halogenated alkanes) is 3. The Bertz CT molecular complexity index is 261. The fourth-order valence-corrected chi connectivity index (χ4v) is 1.03. The molecule has 14 heavy (non-hydrogen) atoms. The van der Waals surface area contributed by atoms with Gasteiger partial charge in [-0.3, -0.25) is 0 Å². The zero-order chi connectivity index (χ0) is 10.8. The second-order valence-corrected chi connectivity index (χ2v) is 3.27. The second kappa shape index (κ2) is 8.56. The van der Waals surface area contributed by atoms with E-state index < -0.39 is 0 Å². The molecule has 0 saturated heterocycles. The van der Waals surface area contributed by atoms with E-state index in [2.05, 4.69) is 18.8 Å². The summed E-state index contributed by atoms with van der Waals surface area (Å²) in [6.45, 7) is 5.63. The van der Waals surface area contributed by atoms with Crippen molar-refractivity contribution in [2.24, 2.45) is 0 Å². The van der Waals surface area contributed by atoms with E-state index in [-0.39, 0.29) is 5.83 Å². The molecule has 0 atom stereocenters. The van der Waals surface area contributed by atoms with Gasteiger partial charge < -0.3 is 0 Å². The van der Waals surface area contributed by atoms with Crippen LogP contribution in [0.1, 0.15) is 46.5 Å². The van der Waals surface area contributed by atoms with Crippen molar-refractivity contribution < 1.29 is 4.39 Å². The number of hydrogen-bond acceptors (Lipinski definition) is 0. The van der Waals surface area contributed by atoms with Crippen LogP contribution in [0.5, 0.6) is 0 Å². The molecule has 0 aliphatic carbocycles. The van der Waals surface area contributed by atoms with Crippen LogP contribution < -0.4 is 0 Å². The van der Waals surface area contributed by atoms with E-state index in [1.807, 2.05) is 0 Å². The van der Waals surface area contributed by atoms with Crippen molar-refractivity contribution >= 4 is 0 Å². The summed E-state index contributed by atoms with van der Waals surface area (Å²) in [5.41, 5.74) is 0.621.